The second kappa shape index (κ2) is 11.7. The molecule has 39 heavy (non-hydrogen) atoms. The van der Waals surface area contributed by atoms with E-state index >= 15 is 0 Å². The number of anilines is 2. The molecule has 4 rings (SSSR count). The maximum atomic E-state index is 13.4. The highest BCUT2D eigenvalue weighted by Gasteiger charge is 2.38. The first-order valence-electron chi connectivity index (χ1n) is 11.6. The zero-order valence-corrected chi connectivity index (χ0v) is 22.0. The number of nitrogens with zero attached hydrogens (tertiary/aromatic N) is 1. The lowest BCUT2D eigenvalue weighted by atomic mass is 10.1. The summed E-state index contributed by atoms with van der Waals surface area (Å²) in [5.41, 5.74) is 1.45. The molecule has 0 bridgehead atoms. The zero-order chi connectivity index (χ0) is 28.1. The maximum absolute atomic E-state index is 13.4. The summed E-state index contributed by atoms with van der Waals surface area (Å²) in [4.78, 5) is 51.8. The van der Waals surface area contributed by atoms with Crippen LogP contribution in [-0.2, 0) is 30.5 Å². The van der Waals surface area contributed by atoms with Crippen molar-refractivity contribution in [2.45, 2.75) is 13.5 Å². The molecule has 1 aromatic heterocycles. The molecular formula is C28H24ClN3O7. The number of halogens is 1. The monoisotopic (exact) mass is 549 g/mol. The third-order valence-corrected chi connectivity index (χ3v) is 6.02. The number of furan rings is 1. The SMILES string of the molecule is COC(=O)C1=C(C)N(c2cccc(OC)c2)C(=O)/C1=C/c1ccc(CNC(=O)C(=O)Nc2cccc(Cl)c2)o1. The molecule has 0 spiro atoms. The van der Waals surface area contributed by atoms with Crippen LogP contribution >= 0.6 is 11.6 Å². The maximum Gasteiger partial charge on any atom is 0.340 e. The fourth-order valence-corrected chi connectivity index (χ4v) is 4.14. The fraction of sp³-hybridized carbons (Fsp3) is 0.143. The summed E-state index contributed by atoms with van der Waals surface area (Å²) in [5.74, 6) is -1.76. The van der Waals surface area contributed by atoms with Crippen molar-refractivity contribution in [3.63, 3.8) is 0 Å². The summed E-state index contributed by atoms with van der Waals surface area (Å²) >= 11 is 5.89. The van der Waals surface area contributed by atoms with Crippen LogP contribution in [0.5, 0.6) is 5.75 Å². The summed E-state index contributed by atoms with van der Waals surface area (Å²) in [6.45, 7) is 1.55. The van der Waals surface area contributed by atoms with Crippen molar-refractivity contribution in [1.82, 2.24) is 5.32 Å². The smallest absolute Gasteiger partial charge is 0.340 e. The number of rotatable bonds is 7. The fourth-order valence-electron chi connectivity index (χ4n) is 3.95. The highest BCUT2D eigenvalue weighted by molar-refractivity contribution is 6.39. The standard InChI is InChI=1S/C28H24ClN3O7/c1-16-24(28(36)38-3)23(27(35)32(16)19-8-5-9-20(13-19)37-2)14-21-10-11-22(39-21)15-30-25(33)26(34)31-18-7-4-6-17(29)12-18/h4-14H,15H2,1-3H3,(H,30,33)(H,31,34)/b23-14+. The predicted octanol–water partition coefficient (Wildman–Crippen LogP) is 4.07. The summed E-state index contributed by atoms with van der Waals surface area (Å²) in [7, 11) is 2.75. The minimum atomic E-state index is -0.877. The molecule has 0 unspecified atom stereocenters. The van der Waals surface area contributed by atoms with E-state index < -0.39 is 23.7 Å². The molecule has 3 aromatic rings. The van der Waals surface area contributed by atoms with Crippen molar-refractivity contribution in [1.29, 1.82) is 0 Å². The van der Waals surface area contributed by atoms with Crippen LogP contribution in [0.4, 0.5) is 11.4 Å². The zero-order valence-electron chi connectivity index (χ0n) is 21.2. The van der Waals surface area contributed by atoms with E-state index in [2.05, 4.69) is 10.6 Å². The van der Waals surface area contributed by atoms with Crippen LogP contribution < -0.4 is 20.3 Å². The van der Waals surface area contributed by atoms with E-state index in [1.165, 1.54) is 31.3 Å². The van der Waals surface area contributed by atoms with Crippen LogP contribution in [0.15, 0.2) is 81.9 Å². The average molecular weight is 550 g/mol. The lowest BCUT2D eigenvalue weighted by molar-refractivity contribution is -0.136. The van der Waals surface area contributed by atoms with Gasteiger partial charge < -0.3 is 24.5 Å². The first-order valence-corrected chi connectivity index (χ1v) is 12.0. The van der Waals surface area contributed by atoms with Crippen molar-refractivity contribution in [3.05, 3.63) is 94.1 Å². The molecular weight excluding hydrogens is 526 g/mol. The lowest BCUT2D eigenvalue weighted by Gasteiger charge is -2.18. The Kier molecular flexibility index (Phi) is 8.16. The molecule has 1 aliphatic heterocycles. The predicted molar refractivity (Wildman–Crippen MR) is 144 cm³/mol. The second-order valence-electron chi connectivity index (χ2n) is 8.30. The van der Waals surface area contributed by atoms with Crippen LogP contribution in [0.1, 0.15) is 18.4 Å². The number of esters is 1. The van der Waals surface area contributed by atoms with E-state index in [9.17, 15) is 19.2 Å². The third kappa shape index (κ3) is 6.02. The first kappa shape index (κ1) is 27.2. The van der Waals surface area contributed by atoms with Gasteiger partial charge in [0, 0.05) is 22.5 Å². The lowest BCUT2D eigenvalue weighted by Crippen LogP contribution is -2.34. The van der Waals surface area contributed by atoms with E-state index in [0.29, 0.717) is 33.6 Å². The topological polar surface area (TPSA) is 127 Å². The summed E-state index contributed by atoms with van der Waals surface area (Å²) < 4.78 is 15.9. The van der Waals surface area contributed by atoms with Gasteiger partial charge >= 0.3 is 17.8 Å². The van der Waals surface area contributed by atoms with Gasteiger partial charge in [0.2, 0.25) is 0 Å². The largest absolute Gasteiger partial charge is 0.497 e. The number of hydrogen-bond donors (Lipinski definition) is 2. The van der Waals surface area contributed by atoms with Crippen LogP contribution in [-0.4, -0.2) is 37.9 Å². The van der Waals surface area contributed by atoms with Crippen molar-refractivity contribution >= 4 is 52.7 Å². The van der Waals surface area contributed by atoms with Gasteiger partial charge in [-0.15, -0.1) is 0 Å². The van der Waals surface area contributed by atoms with Gasteiger partial charge in [0.05, 0.1) is 37.6 Å². The van der Waals surface area contributed by atoms with Crippen molar-refractivity contribution in [2.24, 2.45) is 0 Å². The molecule has 1 aliphatic rings. The van der Waals surface area contributed by atoms with Crippen LogP contribution in [0, 0.1) is 0 Å². The summed E-state index contributed by atoms with van der Waals surface area (Å²) in [6, 6.07) is 16.4. The molecule has 0 radical (unpaired) electrons. The molecule has 0 fully saturated rings. The van der Waals surface area contributed by atoms with E-state index in [4.69, 9.17) is 25.5 Å². The van der Waals surface area contributed by atoms with E-state index in [-0.39, 0.29) is 23.5 Å². The highest BCUT2D eigenvalue weighted by atomic mass is 35.5. The van der Waals surface area contributed by atoms with Gasteiger partial charge in [0.1, 0.15) is 17.3 Å². The Morgan fingerprint density at radius 2 is 1.79 bits per heavy atom. The number of amides is 3. The minimum Gasteiger partial charge on any atom is -0.497 e. The summed E-state index contributed by atoms with van der Waals surface area (Å²) in [5, 5.41) is 5.33. The van der Waals surface area contributed by atoms with E-state index in [0.717, 1.165) is 0 Å². The Bertz CT molecular complexity index is 1520. The van der Waals surface area contributed by atoms with Gasteiger partial charge in [0.25, 0.3) is 5.91 Å². The van der Waals surface area contributed by atoms with Crippen molar-refractivity contribution in [3.8, 4) is 5.75 Å². The Hall–Kier alpha value is -4.83. The van der Waals surface area contributed by atoms with Crippen molar-refractivity contribution in [2.75, 3.05) is 24.4 Å². The summed E-state index contributed by atoms with van der Waals surface area (Å²) in [6.07, 6.45) is 1.43. The van der Waals surface area contributed by atoms with Gasteiger partial charge in [-0.2, -0.15) is 0 Å². The van der Waals surface area contributed by atoms with Gasteiger partial charge in [-0.3, -0.25) is 19.3 Å². The molecule has 200 valence electrons. The number of methoxy groups -OCH3 is 2. The Balaban J connectivity index is 1.50. The van der Waals surface area contributed by atoms with Crippen LogP contribution in [0.2, 0.25) is 5.02 Å². The number of hydrogen-bond acceptors (Lipinski definition) is 7. The van der Waals surface area contributed by atoms with Crippen molar-refractivity contribution < 1.29 is 33.1 Å². The average Bonchev–Trinajstić information content (AvgIpc) is 3.48. The number of carbonyl (C=O) groups is 4. The molecule has 11 heteroatoms. The van der Waals surface area contributed by atoms with E-state index in [1.54, 1.807) is 61.5 Å². The second-order valence-corrected chi connectivity index (χ2v) is 8.74. The molecule has 0 saturated carbocycles. The van der Waals surface area contributed by atoms with Crippen LogP contribution in [0.3, 0.4) is 0 Å². The third-order valence-electron chi connectivity index (χ3n) is 5.78. The molecule has 2 heterocycles. The Morgan fingerprint density at radius 3 is 2.51 bits per heavy atom. The Labute approximate surface area is 228 Å². The highest BCUT2D eigenvalue weighted by Crippen LogP contribution is 2.36. The van der Waals surface area contributed by atoms with E-state index in [1.807, 2.05) is 0 Å². The molecule has 0 aliphatic carbocycles. The normalized spacial score (nSPS) is 14.0. The van der Waals surface area contributed by atoms with Gasteiger partial charge in [-0.25, -0.2) is 4.79 Å². The quantitative estimate of drug-likeness (QED) is 0.258. The molecule has 3 amide bonds. The van der Waals surface area contributed by atoms with Gasteiger partial charge in [-0.1, -0.05) is 23.7 Å². The number of benzene rings is 2. The van der Waals surface area contributed by atoms with Crippen LogP contribution in [0.25, 0.3) is 6.08 Å². The number of nitrogens with one attached hydrogen (secondary N) is 2. The van der Waals surface area contributed by atoms with Gasteiger partial charge in [-0.05, 0) is 55.5 Å². The number of allylic oxidation sites excluding steroid dienone is 1. The first-order chi connectivity index (χ1) is 18.7. The molecule has 2 aromatic carbocycles. The molecule has 0 atom stereocenters. The number of carbonyl (C=O) groups excluding carboxylic acids is 4. The molecule has 0 saturated heterocycles. The minimum absolute atomic E-state index is 0.0769. The molecule has 2 N–H and O–H groups in total. The molecule has 10 nitrogen and oxygen atoms in total. The Morgan fingerprint density at radius 1 is 1.03 bits per heavy atom. The van der Waals surface area contributed by atoms with Gasteiger partial charge in [0.15, 0.2) is 0 Å². The number of ether oxygens (including phenoxy) is 2.